The molecule has 0 amide bonds. The van der Waals surface area contributed by atoms with Crippen LogP contribution in [0, 0.1) is 12.7 Å². The minimum atomic E-state index is -1.01. The first-order chi connectivity index (χ1) is 11.4. The normalized spacial score (nSPS) is 17.9. The van der Waals surface area contributed by atoms with E-state index in [1.54, 1.807) is 32.0 Å². The van der Waals surface area contributed by atoms with Crippen LogP contribution in [0.4, 0.5) is 4.39 Å². The second-order valence-electron chi connectivity index (χ2n) is 5.68. The number of hydrogen-bond donors (Lipinski definition) is 0. The maximum Gasteiger partial charge on any atom is 0.326 e. The molecule has 0 saturated carbocycles. The number of cyclic esters (lactones) is 1. The second kappa shape index (κ2) is 6.21. The zero-order chi connectivity index (χ0) is 17.4. The molecule has 5 heteroatoms. The zero-order valence-corrected chi connectivity index (χ0v) is 13.9. The molecule has 2 aromatic rings. The lowest BCUT2D eigenvalue weighted by atomic mass is 9.85. The molecular weight excluding hydrogens is 331 g/mol. The molecule has 3 nitrogen and oxygen atoms in total. The summed E-state index contributed by atoms with van der Waals surface area (Å²) in [5, 5.41) is 0.534. The van der Waals surface area contributed by atoms with Gasteiger partial charge in [0.05, 0.1) is 0 Å². The average Bonchev–Trinajstić information content (AvgIpc) is 2.54. The van der Waals surface area contributed by atoms with Gasteiger partial charge in [0.25, 0.3) is 0 Å². The van der Waals surface area contributed by atoms with Crippen molar-refractivity contribution in [2.75, 3.05) is 0 Å². The van der Waals surface area contributed by atoms with Crippen LogP contribution < -0.4 is 0 Å². The number of rotatable bonds is 2. The summed E-state index contributed by atoms with van der Waals surface area (Å²) in [6, 6.07) is 10.5. The lowest BCUT2D eigenvalue weighted by Gasteiger charge is -2.25. The second-order valence-corrected chi connectivity index (χ2v) is 6.12. The van der Waals surface area contributed by atoms with Gasteiger partial charge in [-0.25, -0.2) is 4.39 Å². The number of Topliss-reactive ketones (excluding diaryl/α,β-unsaturated/α-hetero) is 1. The molecule has 0 fully saturated rings. The van der Waals surface area contributed by atoms with Crippen LogP contribution in [0.25, 0.3) is 5.76 Å². The molecule has 0 spiro atoms. The molecule has 122 valence electrons. The number of hydrogen-bond acceptors (Lipinski definition) is 3. The number of allylic oxidation sites excluding steroid dienone is 1. The van der Waals surface area contributed by atoms with Gasteiger partial charge in [-0.3, -0.25) is 9.59 Å². The van der Waals surface area contributed by atoms with Crippen LogP contribution in [-0.2, 0) is 14.3 Å². The molecule has 24 heavy (non-hydrogen) atoms. The van der Waals surface area contributed by atoms with Gasteiger partial charge in [0.1, 0.15) is 17.5 Å². The van der Waals surface area contributed by atoms with Gasteiger partial charge in [-0.1, -0.05) is 17.7 Å². The Morgan fingerprint density at radius 3 is 2.33 bits per heavy atom. The number of carbonyl (C=O) groups is 2. The Kier molecular flexibility index (Phi) is 4.24. The lowest BCUT2D eigenvalue weighted by Crippen LogP contribution is -2.30. The van der Waals surface area contributed by atoms with Crippen LogP contribution in [-0.4, -0.2) is 11.8 Å². The summed E-state index contributed by atoms with van der Waals surface area (Å²) in [6.07, 6.45) is 0. The molecule has 2 aromatic carbocycles. The molecule has 1 unspecified atom stereocenters. The predicted octanol–water partition coefficient (Wildman–Crippen LogP) is 4.43. The molecule has 0 bridgehead atoms. The van der Waals surface area contributed by atoms with Gasteiger partial charge in [0.2, 0.25) is 0 Å². The highest BCUT2D eigenvalue weighted by Crippen LogP contribution is 2.35. The lowest BCUT2D eigenvalue weighted by molar-refractivity contribution is -0.143. The Morgan fingerprint density at radius 1 is 1.04 bits per heavy atom. The number of ketones is 1. The third kappa shape index (κ3) is 2.85. The van der Waals surface area contributed by atoms with Crippen molar-refractivity contribution in [1.29, 1.82) is 0 Å². The van der Waals surface area contributed by atoms with Gasteiger partial charge >= 0.3 is 5.97 Å². The fraction of sp³-hybridized carbons (Fsp3) is 0.158. The third-order valence-corrected chi connectivity index (χ3v) is 4.30. The van der Waals surface area contributed by atoms with Gasteiger partial charge < -0.3 is 4.74 Å². The molecule has 1 aliphatic rings. The van der Waals surface area contributed by atoms with Crippen molar-refractivity contribution in [3.05, 3.63) is 75.6 Å². The van der Waals surface area contributed by atoms with Crippen molar-refractivity contribution < 1.29 is 18.7 Å². The van der Waals surface area contributed by atoms with Crippen LogP contribution in [0.2, 0.25) is 5.02 Å². The number of ether oxygens (including phenoxy) is 1. The Labute approximate surface area is 143 Å². The summed E-state index contributed by atoms with van der Waals surface area (Å²) in [7, 11) is 0. The minimum absolute atomic E-state index is 0.174. The van der Waals surface area contributed by atoms with Crippen LogP contribution in [0.3, 0.4) is 0 Å². The maximum absolute atomic E-state index is 13.1. The highest BCUT2D eigenvalue weighted by atomic mass is 35.5. The van der Waals surface area contributed by atoms with Gasteiger partial charge in [-0.05, 0) is 61.4 Å². The topological polar surface area (TPSA) is 43.4 Å². The van der Waals surface area contributed by atoms with E-state index >= 15 is 0 Å². The number of carbonyl (C=O) groups excluding carboxylic acids is 2. The Morgan fingerprint density at radius 2 is 1.71 bits per heavy atom. The number of aryl methyl sites for hydroxylation is 1. The van der Waals surface area contributed by atoms with Gasteiger partial charge in [0, 0.05) is 16.2 Å². The summed E-state index contributed by atoms with van der Waals surface area (Å²) in [4.78, 5) is 25.2. The molecular formula is C19H14ClFO3. The standard InChI is InChI=1S/C19H14ClFO3/c1-10-9-13(20)5-8-15(10)16-17(22)11(2)18(24-19(16)23)12-3-6-14(21)7-4-12/h3-9,16H,1-2H3. The van der Waals surface area contributed by atoms with Crippen molar-refractivity contribution in [3.63, 3.8) is 0 Å². The van der Waals surface area contributed by atoms with Crippen LogP contribution >= 0.6 is 11.6 Å². The fourth-order valence-corrected chi connectivity index (χ4v) is 3.01. The predicted molar refractivity (Wildman–Crippen MR) is 89.0 cm³/mol. The number of benzene rings is 2. The Hall–Kier alpha value is -2.46. The van der Waals surface area contributed by atoms with E-state index in [1.165, 1.54) is 24.3 Å². The maximum atomic E-state index is 13.1. The molecule has 0 N–H and O–H groups in total. The van der Waals surface area contributed by atoms with E-state index in [9.17, 15) is 14.0 Å². The van der Waals surface area contributed by atoms with Crippen molar-refractivity contribution in [1.82, 2.24) is 0 Å². The summed E-state index contributed by atoms with van der Waals surface area (Å²) >= 11 is 5.93. The van der Waals surface area contributed by atoms with E-state index in [1.807, 2.05) is 0 Å². The smallest absolute Gasteiger partial charge is 0.326 e. The number of halogens is 2. The summed E-state index contributed by atoms with van der Waals surface area (Å²) in [5.41, 5.74) is 2.14. The molecule has 3 rings (SSSR count). The quantitative estimate of drug-likeness (QED) is 0.598. The molecule has 0 radical (unpaired) electrons. The molecule has 1 heterocycles. The first-order valence-electron chi connectivity index (χ1n) is 7.37. The molecule has 1 aliphatic heterocycles. The van der Waals surface area contributed by atoms with Crippen LogP contribution in [0.5, 0.6) is 0 Å². The van der Waals surface area contributed by atoms with Gasteiger partial charge in [0.15, 0.2) is 5.78 Å². The molecule has 0 aliphatic carbocycles. The largest absolute Gasteiger partial charge is 0.425 e. The fourth-order valence-electron chi connectivity index (χ4n) is 2.78. The first-order valence-corrected chi connectivity index (χ1v) is 7.75. The van der Waals surface area contributed by atoms with Crippen molar-refractivity contribution in [2.24, 2.45) is 0 Å². The first kappa shape index (κ1) is 16.4. The number of esters is 1. The van der Waals surface area contributed by atoms with Gasteiger partial charge in [-0.2, -0.15) is 0 Å². The molecule has 1 atom stereocenters. The van der Waals surface area contributed by atoms with Crippen molar-refractivity contribution >= 4 is 29.1 Å². The summed E-state index contributed by atoms with van der Waals surface area (Å²) in [6.45, 7) is 3.39. The van der Waals surface area contributed by atoms with E-state index in [0.29, 0.717) is 21.7 Å². The molecule has 0 aromatic heterocycles. The minimum Gasteiger partial charge on any atom is -0.425 e. The monoisotopic (exact) mass is 344 g/mol. The zero-order valence-electron chi connectivity index (χ0n) is 13.1. The van der Waals surface area contributed by atoms with E-state index in [0.717, 1.165) is 5.56 Å². The van der Waals surface area contributed by atoms with Crippen molar-refractivity contribution in [2.45, 2.75) is 19.8 Å². The third-order valence-electron chi connectivity index (χ3n) is 4.06. The highest BCUT2D eigenvalue weighted by Gasteiger charge is 2.38. The van der Waals surface area contributed by atoms with Gasteiger partial charge in [-0.15, -0.1) is 0 Å². The molecule has 0 saturated heterocycles. The summed E-state index contributed by atoms with van der Waals surface area (Å²) in [5.74, 6) is -2.20. The Balaban J connectivity index is 2.04. The van der Waals surface area contributed by atoms with Crippen molar-refractivity contribution in [3.8, 4) is 0 Å². The summed E-state index contributed by atoms with van der Waals surface area (Å²) < 4.78 is 18.5. The Bertz CT molecular complexity index is 869. The van der Waals surface area contributed by atoms with E-state index in [-0.39, 0.29) is 11.5 Å². The van der Waals surface area contributed by atoms with E-state index in [4.69, 9.17) is 16.3 Å². The SMILES string of the molecule is CC1=C(c2ccc(F)cc2)OC(=O)C(c2ccc(Cl)cc2C)C1=O. The van der Waals surface area contributed by atoms with Crippen LogP contribution in [0.15, 0.2) is 48.0 Å². The van der Waals surface area contributed by atoms with Crippen LogP contribution in [0.1, 0.15) is 29.5 Å². The van der Waals surface area contributed by atoms with E-state index < -0.39 is 17.7 Å². The van der Waals surface area contributed by atoms with E-state index in [2.05, 4.69) is 0 Å². The highest BCUT2D eigenvalue weighted by molar-refractivity contribution is 6.30. The average molecular weight is 345 g/mol.